The monoisotopic (exact) mass is 300 g/mol. The fourth-order valence-corrected chi connectivity index (χ4v) is 3.07. The van der Waals surface area contributed by atoms with Gasteiger partial charge in [0.1, 0.15) is 5.82 Å². The molecule has 1 aromatic carbocycles. The van der Waals surface area contributed by atoms with Crippen molar-refractivity contribution in [2.24, 2.45) is 5.14 Å². The molecule has 2 rings (SSSR count). The highest BCUT2D eigenvalue weighted by atomic mass is 32.2. The average molecular weight is 300 g/mol. The Morgan fingerprint density at radius 2 is 1.75 bits per heavy atom. The molecule has 0 spiro atoms. The minimum absolute atomic E-state index is 0.186. The van der Waals surface area contributed by atoms with E-state index in [0.717, 1.165) is 43.9 Å². The Morgan fingerprint density at radius 3 is 2.30 bits per heavy atom. The summed E-state index contributed by atoms with van der Waals surface area (Å²) in [6.07, 6.45) is 3.81. The van der Waals surface area contributed by atoms with Gasteiger partial charge >= 0.3 is 0 Å². The third-order valence-electron chi connectivity index (χ3n) is 3.37. The lowest BCUT2D eigenvalue weighted by molar-refractivity contribution is 0.0757. The minimum atomic E-state index is -4.06. The van der Waals surface area contributed by atoms with Crippen LogP contribution in [0.5, 0.6) is 0 Å². The van der Waals surface area contributed by atoms with Crippen LogP contribution >= 0.6 is 0 Å². The van der Waals surface area contributed by atoms with E-state index in [-0.39, 0.29) is 10.5 Å². The molecule has 110 valence electrons. The third kappa shape index (κ3) is 3.34. The minimum Gasteiger partial charge on any atom is -0.339 e. The number of carbonyl (C=O) groups excluding carboxylic acids is 1. The summed E-state index contributed by atoms with van der Waals surface area (Å²) in [7, 11) is -4.06. The smallest absolute Gasteiger partial charge is 0.255 e. The molecule has 1 fully saturated rings. The Morgan fingerprint density at radius 1 is 1.15 bits per heavy atom. The first-order valence-corrected chi connectivity index (χ1v) is 8.06. The van der Waals surface area contributed by atoms with E-state index in [1.54, 1.807) is 4.90 Å². The molecule has 0 aliphatic carbocycles. The van der Waals surface area contributed by atoms with Crippen LogP contribution in [-0.4, -0.2) is 32.3 Å². The molecule has 5 nitrogen and oxygen atoms in total. The molecule has 1 aromatic rings. The molecule has 0 radical (unpaired) electrons. The van der Waals surface area contributed by atoms with Gasteiger partial charge in [-0.25, -0.2) is 17.9 Å². The Bertz CT molecular complexity index is 608. The molecule has 0 saturated carbocycles. The van der Waals surface area contributed by atoms with E-state index in [1.807, 2.05) is 0 Å². The molecule has 20 heavy (non-hydrogen) atoms. The number of nitrogens with two attached hydrogens (primary N) is 1. The van der Waals surface area contributed by atoms with E-state index in [9.17, 15) is 17.6 Å². The van der Waals surface area contributed by atoms with Crippen molar-refractivity contribution in [3.05, 3.63) is 29.6 Å². The summed E-state index contributed by atoms with van der Waals surface area (Å²) in [5.74, 6) is -1.13. The lowest BCUT2D eigenvalue weighted by Crippen LogP contribution is -2.33. The summed E-state index contributed by atoms with van der Waals surface area (Å²) in [5, 5.41) is 5.08. The molecule has 1 aliphatic rings. The van der Waals surface area contributed by atoms with Crippen LogP contribution in [-0.2, 0) is 10.0 Å². The second-order valence-corrected chi connectivity index (χ2v) is 6.42. The number of nitrogens with zero attached hydrogens (tertiary/aromatic N) is 1. The number of carbonyl (C=O) groups is 1. The average Bonchev–Trinajstić information content (AvgIpc) is 2.65. The summed E-state index contributed by atoms with van der Waals surface area (Å²) in [6.45, 7) is 1.11. The summed E-state index contributed by atoms with van der Waals surface area (Å²) in [6, 6.07) is 2.96. The Kier molecular flexibility index (Phi) is 4.39. The molecule has 0 unspecified atom stereocenters. The van der Waals surface area contributed by atoms with Gasteiger partial charge in [-0.1, -0.05) is 12.8 Å². The Hall–Kier alpha value is -1.47. The van der Waals surface area contributed by atoms with Gasteiger partial charge in [-0.2, -0.15) is 0 Å². The van der Waals surface area contributed by atoms with E-state index in [4.69, 9.17) is 5.14 Å². The fraction of sp³-hybridized carbons (Fsp3) is 0.462. The maximum absolute atomic E-state index is 13.3. The van der Waals surface area contributed by atoms with Gasteiger partial charge in [-0.3, -0.25) is 4.79 Å². The summed E-state index contributed by atoms with van der Waals surface area (Å²) in [5.41, 5.74) is -0.186. The zero-order valence-corrected chi connectivity index (χ0v) is 11.8. The SMILES string of the molecule is NS(=O)(=O)c1ccc(F)cc1C(=O)N1CCCCCC1. The van der Waals surface area contributed by atoms with Crippen LogP contribution in [0.4, 0.5) is 4.39 Å². The predicted molar refractivity (Wildman–Crippen MR) is 72.1 cm³/mol. The van der Waals surface area contributed by atoms with E-state index in [0.29, 0.717) is 13.1 Å². The van der Waals surface area contributed by atoms with Gasteiger partial charge in [0, 0.05) is 13.1 Å². The van der Waals surface area contributed by atoms with Gasteiger partial charge in [-0.15, -0.1) is 0 Å². The Labute approximate surface area is 117 Å². The summed E-state index contributed by atoms with van der Waals surface area (Å²) >= 11 is 0. The number of benzene rings is 1. The van der Waals surface area contributed by atoms with Gasteiger partial charge in [0.15, 0.2) is 0 Å². The van der Waals surface area contributed by atoms with Crippen molar-refractivity contribution in [3.8, 4) is 0 Å². The van der Waals surface area contributed by atoms with Crippen LogP contribution in [0.2, 0.25) is 0 Å². The highest BCUT2D eigenvalue weighted by Gasteiger charge is 2.24. The van der Waals surface area contributed by atoms with Crippen molar-refractivity contribution in [1.29, 1.82) is 0 Å². The van der Waals surface area contributed by atoms with Gasteiger partial charge in [0.2, 0.25) is 10.0 Å². The Balaban J connectivity index is 2.40. The summed E-state index contributed by atoms with van der Waals surface area (Å²) in [4.78, 5) is 13.7. The lowest BCUT2D eigenvalue weighted by atomic mass is 10.2. The van der Waals surface area contributed by atoms with Crippen molar-refractivity contribution >= 4 is 15.9 Å². The fourth-order valence-electron chi connectivity index (χ4n) is 2.36. The number of likely N-dealkylation sites (tertiary alicyclic amines) is 1. The first-order valence-electron chi connectivity index (χ1n) is 6.51. The topological polar surface area (TPSA) is 80.5 Å². The maximum Gasteiger partial charge on any atom is 0.255 e. The maximum atomic E-state index is 13.3. The molecule has 0 bridgehead atoms. The van der Waals surface area contributed by atoms with E-state index >= 15 is 0 Å². The van der Waals surface area contributed by atoms with Crippen molar-refractivity contribution in [1.82, 2.24) is 4.90 Å². The van der Waals surface area contributed by atoms with Crippen LogP contribution in [0.15, 0.2) is 23.1 Å². The molecular formula is C13H17FN2O3S. The molecule has 1 saturated heterocycles. The molecule has 1 heterocycles. The molecule has 7 heteroatoms. The number of hydrogen-bond acceptors (Lipinski definition) is 3. The second kappa shape index (κ2) is 5.88. The molecule has 0 atom stereocenters. The van der Waals surface area contributed by atoms with Crippen LogP contribution < -0.4 is 5.14 Å². The van der Waals surface area contributed by atoms with Gasteiger partial charge < -0.3 is 4.90 Å². The van der Waals surface area contributed by atoms with Crippen molar-refractivity contribution in [2.45, 2.75) is 30.6 Å². The van der Waals surface area contributed by atoms with E-state index < -0.39 is 21.7 Å². The van der Waals surface area contributed by atoms with Crippen LogP contribution in [0.25, 0.3) is 0 Å². The number of halogens is 1. The molecule has 1 aliphatic heterocycles. The summed E-state index contributed by atoms with van der Waals surface area (Å²) < 4.78 is 36.3. The van der Waals surface area contributed by atoms with Crippen LogP contribution in [0.3, 0.4) is 0 Å². The second-order valence-electron chi connectivity index (χ2n) is 4.89. The zero-order valence-electron chi connectivity index (χ0n) is 11.0. The normalized spacial score (nSPS) is 16.8. The lowest BCUT2D eigenvalue weighted by Gasteiger charge is -2.21. The molecule has 2 N–H and O–H groups in total. The molecular weight excluding hydrogens is 283 g/mol. The molecule has 1 amide bonds. The number of amides is 1. The predicted octanol–water partition coefficient (Wildman–Crippen LogP) is 1.49. The largest absolute Gasteiger partial charge is 0.339 e. The number of hydrogen-bond donors (Lipinski definition) is 1. The van der Waals surface area contributed by atoms with Crippen molar-refractivity contribution < 1.29 is 17.6 Å². The van der Waals surface area contributed by atoms with Gasteiger partial charge in [0.05, 0.1) is 10.5 Å². The standard InChI is InChI=1S/C13H17FN2O3S/c14-10-5-6-12(20(15,18)19)11(9-10)13(17)16-7-3-1-2-4-8-16/h5-6,9H,1-4,7-8H2,(H2,15,18,19). The first kappa shape index (κ1) is 14.9. The van der Waals surface area contributed by atoms with E-state index in [2.05, 4.69) is 0 Å². The van der Waals surface area contributed by atoms with Crippen LogP contribution in [0.1, 0.15) is 36.0 Å². The third-order valence-corrected chi connectivity index (χ3v) is 4.34. The zero-order chi connectivity index (χ0) is 14.8. The number of primary sulfonamides is 1. The quantitative estimate of drug-likeness (QED) is 0.898. The molecule has 0 aromatic heterocycles. The van der Waals surface area contributed by atoms with Crippen molar-refractivity contribution in [2.75, 3.05) is 13.1 Å². The van der Waals surface area contributed by atoms with Crippen molar-refractivity contribution in [3.63, 3.8) is 0 Å². The van der Waals surface area contributed by atoms with Gasteiger partial charge in [-0.05, 0) is 31.0 Å². The highest BCUT2D eigenvalue weighted by Crippen LogP contribution is 2.20. The van der Waals surface area contributed by atoms with Gasteiger partial charge in [0.25, 0.3) is 5.91 Å². The van der Waals surface area contributed by atoms with E-state index in [1.165, 1.54) is 0 Å². The number of rotatable bonds is 2. The number of sulfonamides is 1. The first-order chi connectivity index (χ1) is 9.39. The highest BCUT2D eigenvalue weighted by molar-refractivity contribution is 7.89. The van der Waals surface area contributed by atoms with Crippen LogP contribution in [0, 0.1) is 5.82 Å².